The molecule has 0 unspecified atom stereocenters. The number of hydrogen-bond acceptors (Lipinski definition) is 1. The Hall–Kier alpha value is -0.300. The van der Waals surface area contributed by atoms with E-state index in [1.807, 2.05) is 0 Å². The van der Waals surface area contributed by atoms with Crippen LogP contribution in [0.2, 0.25) is 0 Å². The Morgan fingerprint density at radius 3 is 2.62 bits per heavy atom. The fraction of sp³-hybridized carbons (Fsp3) is 0.867. The summed E-state index contributed by atoms with van der Waals surface area (Å²) in [5.74, 6) is 1.07. The van der Waals surface area contributed by atoms with Crippen LogP contribution in [-0.4, -0.2) is 11.7 Å². The zero-order chi connectivity index (χ0) is 12.0. The molecular formula is C15H26O. The van der Waals surface area contributed by atoms with E-state index in [0.29, 0.717) is 23.9 Å². The van der Waals surface area contributed by atoms with Crippen molar-refractivity contribution in [2.75, 3.05) is 6.61 Å². The number of hydrogen-bond donors (Lipinski definition) is 1. The Balaban J connectivity index is 2.35. The van der Waals surface area contributed by atoms with Gasteiger partial charge in [-0.05, 0) is 54.8 Å². The molecule has 0 heterocycles. The Bertz CT molecular complexity index is 292. The van der Waals surface area contributed by atoms with Crippen molar-refractivity contribution in [1.82, 2.24) is 0 Å². The van der Waals surface area contributed by atoms with Gasteiger partial charge in [0.15, 0.2) is 0 Å². The fourth-order valence-electron chi connectivity index (χ4n) is 4.63. The number of aliphatic hydroxyl groups is 1. The topological polar surface area (TPSA) is 20.2 Å². The Kier molecular flexibility index (Phi) is 2.94. The molecule has 2 fully saturated rings. The van der Waals surface area contributed by atoms with Gasteiger partial charge in [-0.3, -0.25) is 0 Å². The lowest BCUT2D eigenvalue weighted by atomic mass is 9.47. The van der Waals surface area contributed by atoms with Crippen LogP contribution in [0.15, 0.2) is 12.2 Å². The van der Waals surface area contributed by atoms with Gasteiger partial charge in [-0.2, -0.15) is 0 Å². The van der Waals surface area contributed by atoms with E-state index in [2.05, 4.69) is 27.4 Å². The van der Waals surface area contributed by atoms with Gasteiger partial charge >= 0.3 is 0 Å². The third-order valence-corrected chi connectivity index (χ3v) is 5.43. The Labute approximate surface area is 99.9 Å². The maximum Gasteiger partial charge on any atom is 0.0464 e. The van der Waals surface area contributed by atoms with Gasteiger partial charge in [-0.15, -0.1) is 0 Å². The molecule has 0 bridgehead atoms. The van der Waals surface area contributed by atoms with Gasteiger partial charge in [0.25, 0.3) is 0 Å². The van der Waals surface area contributed by atoms with E-state index in [1.54, 1.807) is 0 Å². The smallest absolute Gasteiger partial charge is 0.0464 e. The first-order valence-corrected chi connectivity index (χ1v) is 6.70. The lowest BCUT2D eigenvalue weighted by molar-refractivity contribution is -0.0590. The van der Waals surface area contributed by atoms with E-state index in [0.717, 1.165) is 0 Å². The van der Waals surface area contributed by atoms with Gasteiger partial charge in [0, 0.05) is 6.61 Å². The quantitative estimate of drug-likeness (QED) is 0.669. The number of rotatable bonds is 1. The van der Waals surface area contributed by atoms with Crippen molar-refractivity contribution in [3.63, 3.8) is 0 Å². The third kappa shape index (κ3) is 1.64. The normalized spacial score (nSPS) is 42.9. The Morgan fingerprint density at radius 2 is 2.00 bits per heavy atom. The molecule has 0 radical (unpaired) electrons. The summed E-state index contributed by atoms with van der Waals surface area (Å²) in [7, 11) is 0. The predicted octanol–water partition coefficient (Wildman–Crippen LogP) is 3.78. The number of fused-ring (bicyclic) bond motifs is 1. The second kappa shape index (κ2) is 3.87. The third-order valence-electron chi connectivity index (χ3n) is 5.43. The molecule has 0 saturated heterocycles. The molecule has 0 aromatic carbocycles. The summed E-state index contributed by atoms with van der Waals surface area (Å²) in [5, 5.41) is 9.56. The van der Waals surface area contributed by atoms with Crippen molar-refractivity contribution in [2.24, 2.45) is 22.7 Å². The van der Waals surface area contributed by atoms with E-state index in [9.17, 15) is 5.11 Å². The molecule has 2 saturated carbocycles. The molecule has 0 amide bonds. The van der Waals surface area contributed by atoms with Crippen LogP contribution in [0.25, 0.3) is 0 Å². The minimum atomic E-state index is 0.221. The van der Waals surface area contributed by atoms with Crippen LogP contribution in [-0.2, 0) is 0 Å². The van der Waals surface area contributed by atoms with Crippen molar-refractivity contribution in [3.8, 4) is 0 Å². The predicted molar refractivity (Wildman–Crippen MR) is 68.2 cm³/mol. The molecule has 0 aromatic heterocycles. The van der Waals surface area contributed by atoms with Gasteiger partial charge in [0.1, 0.15) is 0 Å². The van der Waals surface area contributed by atoms with E-state index in [-0.39, 0.29) is 5.41 Å². The maximum absolute atomic E-state index is 9.56. The van der Waals surface area contributed by atoms with Gasteiger partial charge in [-0.25, -0.2) is 0 Å². The number of aliphatic hydroxyl groups excluding tert-OH is 1. The van der Waals surface area contributed by atoms with Crippen molar-refractivity contribution in [1.29, 1.82) is 0 Å². The summed E-state index contributed by atoms with van der Waals surface area (Å²) in [4.78, 5) is 0. The monoisotopic (exact) mass is 222 g/mol. The minimum absolute atomic E-state index is 0.221. The van der Waals surface area contributed by atoms with Crippen LogP contribution in [0, 0.1) is 22.7 Å². The van der Waals surface area contributed by atoms with Crippen molar-refractivity contribution >= 4 is 0 Å². The highest BCUT2D eigenvalue weighted by atomic mass is 16.3. The van der Waals surface area contributed by atoms with Crippen LogP contribution < -0.4 is 0 Å². The first-order chi connectivity index (χ1) is 7.42. The molecule has 1 nitrogen and oxygen atoms in total. The standard InChI is InChI=1S/C15H26O/c1-11-6-5-8-15(4)9-7-12(10-16)14(2,3)13(11)15/h12-13,16H,1,5-10H2,2-4H3/t12-,13+,15+/m0/s1. The SMILES string of the molecule is C=C1CCC[C@]2(C)CC[C@@H](CO)C(C)(C)[C@@H]12. The molecule has 92 valence electrons. The Morgan fingerprint density at radius 1 is 1.31 bits per heavy atom. The molecule has 2 aliphatic carbocycles. The fourth-order valence-corrected chi connectivity index (χ4v) is 4.63. The summed E-state index contributed by atoms with van der Waals surface area (Å²) in [6.07, 6.45) is 6.31. The largest absolute Gasteiger partial charge is 0.396 e. The molecule has 16 heavy (non-hydrogen) atoms. The second-order valence-electron chi connectivity index (χ2n) is 6.84. The van der Waals surface area contributed by atoms with Gasteiger partial charge < -0.3 is 5.11 Å². The average Bonchev–Trinajstić information content (AvgIpc) is 2.16. The van der Waals surface area contributed by atoms with Crippen molar-refractivity contribution < 1.29 is 5.11 Å². The molecule has 2 rings (SSSR count). The van der Waals surface area contributed by atoms with Crippen LogP contribution in [0.4, 0.5) is 0 Å². The van der Waals surface area contributed by atoms with Gasteiger partial charge in [0.05, 0.1) is 0 Å². The zero-order valence-electron chi connectivity index (χ0n) is 11.1. The lowest BCUT2D eigenvalue weighted by Gasteiger charge is -2.57. The van der Waals surface area contributed by atoms with Crippen LogP contribution in [0.5, 0.6) is 0 Å². The minimum Gasteiger partial charge on any atom is -0.396 e. The summed E-state index contributed by atoms with van der Waals surface area (Å²) >= 11 is 0. The lowest BCUT2D eigenvalue weighted by Crippen LogP contribution is -2.50. The second-order valence-corrected chi connectivity index (χ2v) is 6.84. The summed E-state index contributed by atoms with van der Waals surface area (Å²) < 4.78 is 0. The first kappa shape index (κ1) is 12.2. The molecule has 2 aliphatic rings. The molecule has 1 N–H and O–H groups in total. The van der Waals surface area contributed by atoms with E-state index >= 15 is 0 Å². The summed E-state index contributed by atoms with van der Waals surface area (Å²) in [5.41, 5.74) is 2.11. The average molecular weight is 222 g/mol. The molecule has 0 aliphatic heterocycles. The molecule has 1 heteroatoms. The van der Waals surface area contributed by atoms with Crippen molar-refractivity contribution in [3.05, 3.63) is 12.2 Å². The van der Waals surface area contributed by atoms with Crippen LogP contribution in [0.1, 0.15) is 52.9 Å². The molecular weight excluding hydrogens is 196 g/mol. The van der Waals surface area contributed by atoms with Crippen LogP contribution in [0.3, 0.4) is 0 Å². The van der Waals surface area contributed by atoms with Crippen molar-refractivity contribution in [2.45, 2.75) is 52.9 Å². The van der Waals surface area contributed by atoms with Gasteiger partial charge in [0.2, 0.25) is 0 Å². The van der Waals surface area contributed by atoms with E-state index in [4.69, 9.17) is 0 Å². The number of allylic oxidation sites excluding steroid dienone is 1. The highest BCUT2D eigenvalue weighted by Gasteiger charge is 2.52. The maximum atomic E-state index is 9.56. The van der Waals surface area contributed by atoms with Gasteiger partial charge in [-0.1, -0.05) is 32.9 Å². The molecule has 0 spiro atoms. The van der Waals surface area contributed by atoms with E-state index in [1.165, 1.54) is 37.7 Å². The zero-order valence-corrected chi connectivity index (χ0v) is 11.1. The molecule has 3 atom stereocenters. The first-order valence-electron chi connectivity index (χ1n) is 6.70. The highest BCUT2D eigenvalue weighted by molar-refractivity contribution is 5.17. The van der Waals surface area contributed by atoms with E-state index < -0.39 is 0 Å². The highest BCUT2D eigenvalue weighted by Crippen LogP contribution is 2.60. The summed E-state index contributed by atoms with van der Waals surface area (Å²) in [6, 6.07) is 0. The summed E-state index contributed by atoms with van der Waals surface area (Å²) in [6.45, 7) is 11.8. The molecule has 0 aromatic rings. The van der Waals surface area contributed by atoms with Crippen LogP contribution >= 0.6 is 0 Å².